The number of rotatable bonds is 4. The monoisotopic (exact) mass is 344 g/mol. The summed E-state index contributed by atoms with van der Waals surface area (Å²) in [6, 6.07) is 5.75. The first-order valence-electron chi connectivity index (χ1n) is 8.49. The minimum absolute atomic E-state index is 0.0659. The predicted octanol–water partition coefficient (Wildman–Crippen LogP) is 1.42. The van der Waals surface area contributed by atoms with E-state index in [-0.39, 0.29) is 17.8 Å². The zero-order chi connectivity index (χ0) is 18.0. The molecule has 134 valence electrons. The molecule has 0 aromatic carbocycles. The summed E-state index contributed by atoms with van der Waals surface area (Å²) in [4.78, 5) is 33.1. The fourth-order valence-electron chi connectivity index (χ4n) is 3.30. The molecule has 2 aromatic rings. The Labute approximate surface area is 147 Å². The van der Waals surface area contributed by atoms with E-state index in [4.69, 9.17) is 4.74 Å². The highest BCUT2D eigenvalue weighted by Crippen LogP contribution is 2.22. The van der Waals surface area contributed by atoms with Crippen molar-refractivity contribution >= 4 is 17.5 Å². The number of piperidine rings is 1. The van der Waals surface area contributed by atoms with Crippen LogP contribution in [-0.4, -0.2) is 65.4 Å². The molecule has 0 bridgehead atoms. The van der Waals surface area contributed by atoms with Crippen molar-refractivity contribution in [3.05, 3.63) is 35.8 Å². The van der Waals surface area contributed by atoms with Gasteiger partial charge in [-0.25, -0.2) is 4.98 Å². The molecule has 0 spiro atoms. The summed E-state index contributed by atoms with van der Waals surface area (Å²) in [5.74, 6) is -0.367. The van der Waals surface area contributed by atoms with Gasteiger partial charge in [-0.3, -0.25) is 9.59 Å². The quantitative estimate of drug-likeness (QED) is 0.785. The van der Waals surface area contributed by atoms with Crippen LogP contribution in [0.5, 0.6) is 0 Å². The molecule has 1 saturated heterocycles. The summed E-state index contributed by atoms with van der Waals surface area (Å²) in [5, 5.41) is 0. The molecular weight excluding hydrogens is 320 g/mol. The molecule has 25 heavy (non-hydrogen) atoms. The molecular formula is C18H24N4O3. The first-order valence-corrected chi connectivity index (χ1v) is 8.49. The number of fused-ring (bicyclic) bond motifs is 1. The number of nitrogens with zero attached hydrogens (tertiary/aromatic N) is 4. The van der Waals surface area contributed by atoms with Crippen molar-refractivity contribution in [3.63, 3.8) is 0 Å². The van der Waals surface area contributed by atoms with Crippen molar-refractivity contribution in [1.82, 2.24) is 19.2 Å². The summed E-state index contributed by atoms with van der Waals surface area (Å²) in [6.07, 6.45) is 3.20. The van der Waals surface area contributed by atoms with Gasteiger partial charge in [-0.15, -0.1) is 0 Å². The zero-order valence-electron chi connectivity index (χ0n) is 14.9. The SMILES string of the molecule is COC(=O)C1CCN(C(=O)c2nc3ccccn3c2CN(C)C)CC1. The van der Waals surface area contributed by atoms with E-state index in [9.17, 15) is 9.59 Å². The lowest BCUT2D eigenvalue weighted by atomic mass is 9.97. The Morgan fingerprint density at radius 1 is 1.28 bits per heavy atom. The highest BCUT2D eigenvalue weighted by Gasteiger charge is 2.30. The standard InChI is InChI=1S/C18H24N4O3/c1-20(2)12-14-16(19-15-6-4-5-9-22(14)15)17(23)21-10-7-13(8-11-21)18(24)25-3/h4-6,9,13H,7-8,10-12H2,1-3H3. The molecule has 3 heterocycles. The number of imidazole rings is 1. The lowest BCUT2D eigenvalue weighted by Gasteiger charge is -2.30. The lowest BCUT2D eigenvalue weighted by molar-refractivity contribution is -0.146. The topological polar surface area (TPSA) is 67.1 Å². The van der Waals surface area contributed by atoms with Crippen molar-refractivity contribution in [2.45, 2.75) is 19.4 Å². The fourth-order valence-corrected chi connectivity index (χ4v) is 3.30. The van der Waals surface area contributed by atoms with Gasteiger partial charge in [-0.1, -0.05) is 6.07 Å². The highest BCUT2D eigenvalue weighted by atomic mass is 16.5. The summed E-state index contributed by atoms with van der Waals surface area (Å²) in [7, 11) is 5.35. The van der Waals surface area contributed by atoms with E-state index in [0.717, 1.165) is 11.3 Å². The first kappa shape index (κ1) is 17.4. The smallest absolute Gasteiger partial charge is 0.308 e. The van der Waals surface area contributed by atoms with Gasteiger partial charge < -0.3 is 18.9 Å². The first-order chi connectivity index (χ1) is 12.0. The Kier molecular flexibility index (Phi) is 5.03. The Morgan fingerprint density at radius 2 is 2.00 bits per heavy atom. The average molecular weight is 344 g/mol. The van der Waals surface area contributed by atoms with Gasteiger partial charge in [0.1, 0.15) is 5.65 Å². The number of likely N-dealkylation sites (tertiary alicyclic amines) is 1. The van der Waals surface area contributed by atoms with E-state index in [0.29, 0.717) is 38.2 Å². The van der Waals surface area contributed by atoms with Crippen LogP contribution in [0.3, 0.4) is 0 Å². The van der Waals surface area contributed by atoms with Gasteiger partial charge in [0.2, 0.25) is 0 Å². The largest absolute Gasteiger partial charge is 0.469 e. The Morgan fingerprint density at radius 3 is 2.64 bits per heavy atom. The summed E-state index contributed by atoms with van der Waals surface area (Å²) >= 11 is 0. The molecule has 1 fully saturated rings. The molecule has 1 aliphatic heterocycles. The second-order valence-electron chi connectivity index (χ2n) is 6.66. The fraction of sp³-hybridized carbons (Fsp3) is 0.500. The molecule has 2 aromatic heterocycles. The molecule has 0 atom stereocenters. The number of esters is 1. The molecule has 7 nitrogen and oxygen atoms in total. The van der Waals surface area contributed by atoms with Crippen LogP contribution in [0.25, 0.3) is 5.65 Å². The van der Waals surface area contributed by atoms with E-state index < -0.39 is 0 Å². The Balaban J connectivity index is 1.84. The third-order valence-electron chi connectivity index (χ3n) is 4.61. The molecule has 0 aliphatic carbocycles. The summed E-state index contributed by atoms with van der Waals surface area (Å²) in [5.41, 5.74) is 2.16. The van der Waals surface area contributed by atoms with E-state index in [1.54, 1.807) is 4.90 Å². The molecule has 7 heteroatoms. The van der Waals surface area contributed by atoms with Crippen LogP contribution < -0.4 is 0 Å². The number of methoxy groups -OCH3 is 1. The molecule has 0 N–H and O–H groups in total. The van der Waals surface area contributed by atoms with Gasteiger partial charge in [-0.2, -0.15) is 0 Å². The van der Waals surface area contributed by atoms with Crippen LogP contribution in [-0.2, 0) is 16.1 Å². The minimum Gasteiger partial charge on any atom is -0.469 e. The second kappa shape index (κ2) is 7.23. The van der Waals surface area contributed by atoms with Crippen LogP contribution in [0.2, 0.25) is 0 Å². The van der Waals surface area contributed by atoms with E-state index in [2.05, 4.69) is 4.98 Å². The highest BCUT2D eigenvalue weighted by molar-refractivity contribution is 5.94. The van der Waals surface area contributed by atoms with Crippen LogP contribution >= 0.6 is 0 Å². The zero-order valence-corrected chi connectivity index (χ0v) is 14.9. The Bertz CT molecular complexity index is 776. The van der Waals surface area contributed by atoms with Crippen molar-refractivity contribution in [3.8, 4) is 0 Å². The number of amides is 1. The number of carbonyl (C=O) groups is 2. The molecule has 3 rings (SSSR count). The van der Waals surface area contributed by atoms with Crippen molar-refractivity contribution in [2.75, 3.05) is 34.3 Å². The molecule has 1 aliphatic rings. The van der Waals surface area contributed by atoms with Crippen molar-refractivity contribution < 1.29 is 14.3 Å². The van der Waals surface area contributed by atoms with Gasteiger partial charge in [0.15, 0.2) is 5.69 Å². The maximum atomic E-state index is 13.0. The van der Waals surface area contributed by atoms with Gasteiger partial charge in [0.25, 0.3) is 5.91 Å². The molecule has 0 unspecified atom stereocenters. The number of pyridine rings is 1. The van der Waals surface area contributed by atoms with Gasteiger partial charge in [0.05, 0.1) is 18.7 Å². The second-order valence-corrected chi connectivity index (χ2v) is 6.66. The lowest BCUT2D eigenvalue weighted by Crippen LogP contribution is -2.41. The third-order valence-corrected chi connectivity index (χ3v) is 4.61. The number of aromatic nitrogens is 2. The van der Waals surface area contributed by atoms with Crippen LogP contribution in [0.1, 0.15) is 29.0 Å². The molecule has 1 amide bonds. The molecule has 0 radical (unpaired) electrons. The predicted molar refractivity (Wildman–Crippen MR) is 93.2 cm³/mol. The molecule has 0 saturated carbocycles. The average Bonchev–Trinajstić information content (AvgIpc) is 2.98. The summed E-state index contributed by atoms with van der Waals surface area (Å²) < 4.78 is 6.78. The summed E-state index contributed by atoms with van der Waals surface area (Å²) in [6.45, 7) is 1.73. The maximum Gasteiger partial charge on any atom is 0.308 e. The van der Waals surface area contributed by atoms with Crippen molar-refractivity contribution in [2.24, 2.45) is 5.92 Å². The van der Waals surface area contributed by atoms with E-state index >= 15 is 0 Å². The normalized spacial score (nSPS) is 15.8. The minimum atomic E-state index is -0.187. The third kappa shape index (κ3) is 3.51. The van der Waals surface area contributed by atoms with Crippen LogP contribution in [0.4, 0.5) is 0 Å². The Hall–Kier alpha value is -2.41. The van der Waals surface area contributed by atoms with Crippen LogP contribution in [0, 0.1) is 5.92 Å². The van der Waals surface area contributed by atoms with Gasteiger partial charge in [-0.05, 0) is 39.1 Å². The number of carbonyl (C=O) groups excluding carboxylic acids is 2. The van der Waals surface area contributed by atoms with Gasteiger partial charge in [0, 0.05) is 25.8 Å². The van der Waals surface area contributed by atoms with Crippen molar-refractivity contribution in [1.29, 1.82) is 0 Å². The number of hydrogen-bond acceptors (Lipinski definition) is 5. The number of ether oxygens (including phenoxy) is 1. The number of hydrogen-bond donors (Lipinski definition) is 0. The van der Waals surface area contributed by atoms with Crippen LogP contribution in [0.15, 0.2) is 24.4 Å². The van der Waals surface area contributed by atoms with E-state index in [1.807, 2.05) is 47.8 Å². The van der Waals surface area contributed by atoms with E-state index in [1.165, 1.54) is 7.11 Å². The maximum absolute atomic E-state index is 13.0. The van der Waals surface area contributed by atoms with Gasteiger partial charge >= 0.3 is 5.97 Å².